The molecule has 1 nitrogen and oxygen atoms in total. The van der Waals surface area contributed by atoms with Crippen molar-refractivity contribution in [3.63, 3.8) is 0 Å². The average molecular weight is 590 g/mol. The lowest BCUT2D eigenvalue weighted by Crippen LogP contribution is -2.01. The lowest BCUT2D eigenvalue weighted by atomic mass is 10.1. The number of alkyl halides is 2. The Hall–Kier alpha value is 0.430. The summed E-state index contributed by atoms with van der Waals surface area (Å²) >= 11 is 7.22. The van der Waals surface area contributed by atoms with Gasteiger partial charge in [0.15, 0.2) is 0 Å². The lowest BCUT2D eigenvalue weighted by Gasteiger charge is -2.14. The molecule has 0 N–H and O–H groups in total. The molecule has 4 heteroatoms. The van der Waals surface area contributed by atoms with Crippen LogP contribution in [0.3, 0.4) is 0 Å². The van der Waals surface area contributed by atoms with E-state index in [1.54, 1.807) is 0 Å². The van der Waals surface area contributed by atoms with Crippen molar-refractivity contribution < 1.29 is 4.74 Å². The third-order valence-corrected chi connectivity index (χ3v) is 4.83. The van der Waals surface area contributed by atoms with Gasteiger partial charge in [-0.05, 0) is 64.4 Å². The largest absolute Gasteiger partial charge is 0.489 e. The Morgan fingerprint density at radius 3 is 2.53 bits per heavy atom. The summed E-state index contributed by atoms with van der Waals surface area (Å²) in [6.07, 6.45) is 0. The van der Waals surface area contributed by atoms with Crippen LogP contribution in [0.4, 0.5) is 0 Å². The standard InChI is InChI=1S/C15H13I3O/c1-10-4-2-3-5-14(10)19-9-11-8-12(16)6-7-13(11)15(17)18/h2-8,15H,9H2,1H3. The Labute approximate surface area is 154 Å². The van der Waals surface area contributed by atoms with E-state index in [9.17, 15) is 0 Å². The van der Waals surface area contributed by atoms with Gasteiger partial charge in [-0.15, -0.1) is 0 Å². The molecule has 2 rings (SSSR count). The van der Waals surface area contributed by atoms with Gasteiger partial charge in [-0.2, -0.15) is 0 Å². The molecule has 0 saturated carbocycles. The summed E-state index contributed by atoms with van der Waals surface area (Å²) in [4.78, 5) is 0. The number of hydrogen-bond donors (Lipinski definition) is 0. The summed E-state index contributed by atoms with van der Waals surface area (Å²) in [5.41, 5.74) is 3.79. The van der Waals surface area contributed by atoms with Gasteiger partial charge in [-0.1, -0.05) is 69.4 Å². The minimum atomic E-state index is 0.461. The Kier molecular flexibility index (Phi) is 6.19. The van der Waals surface area contributed by atoms with E-state index < -0.39 is 0 Å². The first-order valence-electron chi connectivity index (χ1n) is 5.83. The molecule has 0 unspecified atom stereocenters. The van der Waals surface area contributed by atoms with Gasteiger partial charge in [-0.3, -0.25) is 0 Å². The van der Waals surface area contributed by atoms with Gasteiger partial charge in [0.1, 0.15) is 12.4 Å². The van der Waals surface area contributed by atoms with Crippen LogP contribution in [0.15, 0.2) is 42.5 Å². The molecule has 0 bridgehead atoms. The van der Waals surface area contributed by atoms with Crippen molar-refractivity contribution in [3.8, 4) is 5.75 Å². The number of rotatable bonds is 4. The maximum Gasteiger partial charge on any atom is 0.122 e. The highest BCUT2D eigenvalue weighted by molar-refractivity contribution is 14.2. The van der Waals surface area contributed by atoms with Crippen LogP contribution < -0.4 is 4.74 Å². The van der Waals surface area contributed by atoms with Crippen molar-refractivity contribution >= 4 is 67.8 Å². The van der Waals surface area contributed by atoms with Crippen LogP contribution in [-0.4, -0.2) is 0 Å². The molecule has 0 aliphatic heterocycles. The van der Waals surface area contributed by atoms with Gasteiger partial charge in [0.25, 0.3) is 0 Å². The van der Waals surface area contributed by atoms with Crippen molar-refractivity contribution in [2.75, 3.05) is 0 Å². The van der Waals surface area contributed by atoms with Crippen LogP contribution in [0.25, 0.3) is 0 Å². The number of hydrogen-bond acceptors (Lipinski definition) is 1. The van der Waals surface area contributed by atoms with Crippen molar-refractivity contribution in [2.24, 2.45) is 0 Å². The molecule has 0 fully saturated rings. The molecule has 0 radical (unpaired) electrons. The summed E-state index contributed by atoms with van der Waals surface area (Å²) in [5, 5.41) is 0. The third-order valence-electron chi connectivity index (χ3n) is 2.82. The second kappa shape index (κ2) is 7.44. The summed E-state index contributed by atoms with van der Waals surface area (Å²) in [6, 6.07) is 14.7. The average Bonchev–Trinajstić information content (AvgIpc) is 2.37. The summed E-state index contributed by atoms with van der Waals surface area (Å²) in [7, 11) is 0. The van der Waals surface area contributed by atoms with Crippen LogP contribution in [0.1, 0.15) is 18.6 Å². The molecule has 19 heavy (non-hydrogen) atoms. The predicted molar refractivity (Wildman–Crippen MR) is 105 cm³/mol. The highest BCUT2D eigenvalue weighted by Crippen LogP contribution is 2.34. The van der Waals surface area contributed by atoms with Gasteiger partial charge in [0.05, 0.1) is 1.93 Å². The number of benzene rings is 2. The number of ether oxygens (including phenoxy) is 1. The monoisotopic (exact) mass is 590 g/mol. The second-order valence-electron chi connectivity index (χ2n) is 4.20. The molecule has 0 aromatic heterocycles. The molecular formula is C15H13I3O. The Balaban J connectivity index is 2.19. The first kappa shape index (κ1) is 15.8. The molecule has 2 aromatic rings. The van der Waals surface area contributed by atoms with Gasteiger partial charge < -0.3 is 4.74 Å². The zero-order valence-corrected chi connectivity index (χ0v) is 16.8. The van der Waals surface area contributed by atoms with Gasteiger partial charge in [0, 0.05) is 3.57 Å². The van der Waals surface area contributed by atoms with E-state index in [1.807, 2.05) is 18.2 Å². The lowest BCUT2D eigenvalue weighted by molar-refractivity contribution is 0.303. The molecule has 0 spiro atoms. The van der Waals surface area contributed by atoms with Crippen LogP contribution in [0, 0.1) is 10.5 Å². The minimum Gasteiger partial charge on any atom is -0.489 e. The number of aryl methyl sites for hydroxylation is 1. The van der Waals surface area contributed by atoms with E-state index in [1.165, 1.54) is 20.3 Å². The van der Waals surface area contributed by atoms with E-state index >= 15 is 0 Å². The Bertz CT molecular complexity index is 567. The van der Waals surface area contributed by atoms with E-state index in [0.29, 0.717) is 8.54 Å². The first-order chi connectivity index (χ1) is 9.08. The summed E-state index contributed by atoms with van der Waals surface area (Å²) in [6.45, 7) is 2.70. The molecule has 100 valence electrons. The predicted octanol–water partition coefficient (Wildman–Crippen LogP) is 6.05. The summed E-state index contributed by atoms with van der Waals surface area (Å²) < 4.78 is 7.67. The van der Waals surface area contributed by atoms with Crippen molar-refractivity contribution in [1.29, 1.82) is 0 Å². The fraction of sp³-hybridized carbons (Fsp3) is 0.200. The maximum atomic E-state index is 5.96. The Morgan fingerprint density at radius 2 is 1.84 bits per heavy atom. The molecule has 0 aliphatic rings. The fourth-order valence-corrected chi connectivity index (χ4v) is 3.56. The van der Waals surface area contributed by atoms with Crippen LogP contribution in [0.2, 0.25) is 0 Å². The molecular weight excluding hydrogens is 577 g/mol. The van der Waals surface area contributed by atoms with Gasteiger partial charge >= 0.3 is 0 Å². The zero-order chi connectivity index (χ0) is 13.8. The molecule has 0 heterocycles. The van der Waals surface area contributed by atoms with Crippen molar-refractivity contribution in [3.05, 3.63) is 62.7 Å². The van der Waals surface area contributed by atoms with E-state index in [-0.39, 0.29) is 0 Å². The highest BCUT2D eigenvalue weighted by atomic mass is 127. The van der Waals surface area contributed by atoms with Crippen LogP contribution in [0.5, 0.6) is 5.75 Å². The molecule has 0 aliphatic carbocycles. The van der Waals surface area contributed by atoms with E-state index in [4.69, 9.17) is 4.74 Å². The van der Waals surface area contributed by atoms with E-state index in [2.05, 4.69) is 99.0 Å². The molecule has 0 atom stereocenters. The second-order valence-corrected chi connectivity index (χ2v) is 10.3. The Morgan fingerprint density at radius 1 is 1.11 bits per heavy atom. The van der Waals surface area contributed by atoms with Gasteiger partial charge in [-0.25, -0.2) is 0 Å². The maximum absolute atomic E-state index is 5.96. The highest BCUT2D eigenvalue weighted by Gasteiger charge is 2.10. The topological polar surface area (TPSA) is 9.23 Å². The molecule has 2 aromatic carbocycles. The summed E-state index contributed by atoms with van der Waals surface area (Å²) in [5.74, 6) is 0.964. The SMILES string of the molecule is Cc1ccccc1OCc1cc(I)ccc1C(I)I. The number of para-hydroxylation sites is 1. The molecule has 0 saturated heterocycles. The normalized spacial score (nSPS) is 10.8. The van der Waals surface area contributed by atoms with Crippen molar-refractivity contribution in [2.45, 2.75) is 15.5 Å². The van der Waals surface area contributed by atoms with Crippen molar-refractivity contribution in [1.82, 2.24) is 0 Å². The van der Waals surface area contributed by atoms with Crippen LogP contribution >= 0.6 is 67.8 Å². The zero-order valence-electron chi connectivity index (χ0n) is 10.4. The first-order valence-corrected chi connectivity index (χ1v) is 9.40. The van der Waals surface area contributed by atoms with E-state index in [0.717, 1.165) is 5.75 Å². The molecule has 0 amide bonds. The minimum absolute atomic E-state index is 0.461. The fourth-order valence-electron chi connectivity index (χ4n) is 1.79. The third kappa shape index (κ3) is 4.45. The number of halogens is 3. The smallest absolute Gasteiger partial charge is 0.122 e. The van der Waals surface area contributed by atoms with Gasteiger partial charge in [0.2, 0.25) is 0 Å². The van der Waals surface area contributed by atoms with Crippen LogP contribution in [-0.2, 0) is 6.61 Å². The quantitative estimate of drug-likeness (QED) is 0.312.